The van der Waals surface area contributed by atoms with E-state index in [1.807, 2.05) is 0 Å². The third-order valence-electron chi connectivity index (χ3n) is 2.92. The summed E-state index contributed by atoms with van der Waals surface area (Å²) in [7, 11) is -3.18. The highest BCUT2D eigenvalue weighted by Crippen LogP contribution is 2.22. The molecule has 0 bridgehead atoms. The quantitative estimate of drug-likeness (QED) is 0.707. The Bertz CT molecular complexity index is 266. The molecule has 1 aliphatic heterocycles. The highest BCUT2D eigenvalue weighted by Gasteiger charge is 2.24. The molecule has 0 aromatic heterocycles. The highest BCUT2D eigenvalue weighted by molar-refractivity contribution is 7.90. The Morgan fingerprint density at radius 2 is 2.07 bits per heavy atom. The Labute approximate surface area is 91.5 Å². The Morgan fingerprint density at radius 1 is 1.36 bits per heavy atom. The summed E-state index contributed by atoms with van der Waals surface area (Å²) in [4.78, 5) is 0. The van der Waals surface area contributed by atoms with Gasteiger partial charge in [-0.25, -0.2) is 12.7 Å². The third kappa shape index (κ3) is 3.11. The van der Waals surface area contributed by atoms with Crippen LogP contribution in [-0.4, -0.2) is 31.0 Å². The van der Waals surface area contributed by atoms with Gasteiger partial charge in [-0.2, -0.15) is 0 Å². The van der Waals surface area contributed by atoms with E-state index in [4.69, 9.17) is 11.6 Å². The van der Waals surface area contributed by atoms with Gasteiger partial charge in [0.2, 0.25) is 10.0 Å². The number of hydrogen-bond donors (Lipinski definition) is 0. The van der Waals surface area contributed by atoms with Gasteiger partial charge >= 0.3 is 0 Å². The molecular formula is C9H18ClNO2S. The van der Waals surface area contributed by atoms with Crippen molar-refractivity contribution in [2.24, 2.45) is 5.92 Å². The summed E-state index contributed by atoms with van der Waals surface area (Å²) >= 11 is 5.42. The van der Waals surface area contributed by atoms with Gasteiger partial charge in [0.1, 0.15) is 5.21 Å². The van der Waals surface area contributed by atoms with Crippen LogP contribution < -0.4 is 0 Å². The van der Waals surface area contributed by atoms with Gasteiger partial charge in [-0.1, -0.05) is 13.3 Å². The van der Waals surface area contributed by atoms with Gasteiger partial charge in [-0.05, 0) is 25.2 Å². The lowest BCUT2D eigenvalue weighted by molar-refractivity contribution is 0.410. The number of nitrogens with zero attached hydrogens (tertiary/aromatic N) is 1. The topological polar surface area (TPSA) is 37.4 Å². The van der Waals surface area contributed by atoms with Crippen molar-refractivity contribution < 1.29 is 8.42 Å². The number of sulfonamides is 1. The molecule has 0 saturated carbocycles. The van der Waals surface area contributed by atoms with Crippen molar-refractivity contribution in [2.45, 2.75) is 32.6 Å². The second-order valence-corrected chi connectivity index (χ2v) is 6.38. The molecular weight excluding hydrogens is 222 g/mol. The van der Waals surface area contributed by atoms with Crippen LogP contribution in [0.15, 0.2) is 0 Å². The van der Waals surface area contributed by atoms with Crippen LogP contribution in [0.4, 0.5) is 0 Å². The molecule has 5 heteroatoms. The van der Waals surface area contributed by atoms with Gasteiger partial charge in [0.05, 0.1) is 0 Å². The molecule has 3 nitrogen and oxygen atoms in total. The summed E-state index contributed by atoms with van der Waals surface area (Å²) in [6.45, 7) is 3.45. The zero-order valence-electron chi connectivity index (χ0n) is 8.58. The van der Waals surface area contributed by atoms with E-state index in [-0.39, 0.29) is 5.21 Å². The Balaban J connectivity index is 2.58. The zero-order chi connectivity index (χ0) is 10.6. The van der Waals surface area contributed by atoms with E-state index in [1.54, 1.807) is 0 Å². The van der Waals surface area contributed by atoms with E-state index in [0.29, 0.717) is 19.0 Å². The molecule has 1 rings (SSSR count). The smallest absolute Gasteiger partial charge is 0.211 e. The fourth-order valence-electron chi connectivity index (χ4n) is 1.89. The SMILES string of the molecule is CCC1CCCN(S(=O)(=O)CCl)CC1. The first kappa shape index (κ1) is 12.3. The molecule has 0 amide bonds. The van der Waals surface area contributed by atoms with Crippen LogP contribution in [0.2, 0.25) is 0 Å². The molecule has 0 aliphatic carbocycles. The lowest BCUT2D eigenvalue weighted by atomic mass is 9.98. The second-order valence-electron chi connectivity index (χ2n) is 3.83. The van der Waals surface area contributed by atoms with Gasteiger partial charge in [-0.3, -0.25) is 0 Å². The fourth-order valence-corrected chi connectivity index (χ4v) is 3.24. The van der Waals surface area contributed by atoms with Crippen molar-refractivity contribution in [3.05, 3.63) is 0 Å². The Kier molecular flexibility index (Phi) is 4.67. The van der Waals surface area contributed by atoms with E-state index in [2.05, 4.69) is 6.92 Å². The largest absolute Gasteiger partial charge is 0.228 e. The molecule has 0 spiro atoms. The first-order chi connectivity index (χ1) is 6.60. The number of halogens is 1. The standard InChI is InChI=1S/C9H18ClNO2S/c1-2-9-4-3-6-11(7-5-9)14(12,13)8-10/h9H,2-8H2,1H3. The first-order valence-corrected chi connectivity index (χ1v) is 7.28. The van der Waals surface area contributed by atoms with Crippen LogP contribution in [0.1, 0.15) is 32.6 Å². The summed E-state index contributed by atoms with van der Waals surface area (Å²) in [5.74, 6) is 0.686. The second kappa shape index (κ2) is 5.33. The molecule has 1 aliphatic rings. The predicted octanol–water partition coefficient (Wildman–Crippen LogP) is 2.02. The average Bonchev–Trinajstić information content (AvgIpc) is 2.42. The van der Waals surface area contributed by atoms with Gasteiger partial charge in [0.25, 0.3) is 0 Å². The van der Waals surface area contributed by atoms with E-state index in [0.717, 1.165) is 25.7 Å². The van der Waals surface area contributed by atoms with Crippen molar-refractivity contribution in [3.63, 3.8) is 0 Å². The van der Waals surface area contributed by atoms with Crippen molar-refractivity contribution in [3.8, 4) is 0 Å². The maximum Gasteiger partial charge on any atom is 0.228 e. The van der Waals surface area contributed by atoms with E-state index < -0.39 is 10.0 Å². The molecule has 0 radical (unpaired) electrons. The highest BCUT2D eigenvalue weighted by atomic mass is 35.5. The summed E-state index contributed by atoms with van der Waals surface area (Å²) in [5.41, 5.74) is 0. The predicted molar refractivity (Wildman–Crippen MR) is 58.8 cm³/mol. The third-order valence-corrected chi connectivity index (χ3v) is 5.17. The van der Waals surface area contributed by atoms with E-state index in [1.165, 1.54) is 4.31 Å². The van der Waals surface area contributed by atoms with Crippen molar-refractivity contribution >= 4 is 21.6 Å². The van der Waals surface area contributed by atoms with Crippen LogP contribution in [-0.2, 0) is 10.0 Å². The lowest BCUT2D eigenvalue weighted by Gasteiger charge is -2.18. The summed E-state index contributed by atoms with van der Waals surface area (Å²) in [6.07, 6.45) is 4.24. The Morgan fingerprint density at radius 3 is 2.64 bits per heavy atom. The molecule has 1 saturated heterocycles. The summed E-state index contributed by atoms with van der Waals surface area (Å²) < 4.78 is 24.5. The van der Waals surface area contributed by atoms with E-state index >= 15 is 0 Å². The molecule has 0 N–H and O–H groups in total. The van der Waals surface area contributed by atoms with E-state index in [9.17, 15) is 8.42 Å². The van der Waals surface area contributed by atoms with Gasteiger partial charge in [0.15, 0.2) is 0 Å². The van der Waals surface area contributed by atoms with Crippen LogP contribution in [0.5, 0.6) is 0 Å². The van der Waals surface area contributed by atoms with Crippen LogP contribution in [0, 0.1) is 5.92 Å². The maximum absolute atomic E-state index is 11.5. The van der Waals surface area contributed by atoms with Crippen molar-refractivity contribution in [2.75, 3.05) is 18.3 Å². The number of hydrogen-bond acceptors (Lipinski definition) is 2. The molecule has 0 aromatic carbocycles. The molecule has 1 heterocycles. The van der Waals surface area contributed by atoms with Gasteiger partial charge < -0.3 is 0 Å². The number of alkyl halides is 1. The van der Waals surface area contributed by atoms with Crippen LogP contribution in [0.3, 0.4) is 0 Å². The van der Waals surface area contributed by atoms with Crippen LogP contribution >= 0.6 is 11.6 Å². The van der Waals surface area contributed by atoms with Crippen molar-refractivity contribution in [1.82, 2.24) is 4.31 Å². The minimum Gasteiger partial charge on any atom is -0.211 e. The van der Waals surface area contributed by atoms with Gasteiger partial charge in [0, 0.05) is 13.1 Å². The van der Waals surface area contributed by atoms with Gasteiger partial charge in [-0.15, -0.1) is 11.6 Å². The van der Waals surface area contributed by atoms with Crippen LogP contribution in [0.25, 0.3) is 0 Å². The fraction of sp³-hybridized carbons (Fsp3) is 1.00. The molecule has 0 aromatic rings. The summed E-state index contributed by atoms with van der Waals surface area (Å²) in [5, 5.41) is -0.288. The monoisotopic (exact) mass is 239 g/mol. The minimum absolute atomic E-state index is 0.288. The number of rotatable bonds is 3. The minimum atomic E-state index is -3.18. The molecule has 1 atom stereocenters. The molecule has 1 unspecified atom stereocenters. The maximum atomic E-state index is 11.5. The zero-order valence-corrected chi connectivity index (χ0v) is 10.1. The molecule has 1 fully saturated rings. The average molecular weight is 240 g/mol. The molecule has 84 valence electrons. The summed E-state index contributed by atoms with van der Waals surface area (Å²) in [6, 6.07) is 0. The van der Waals surface area contributed by atoms with Crippen molar-refractivity contribution in [1.29, 1.82) is 0 Å². The Hall–Kier alpha value is 0.200. The molecule has 14 heavy (non-hydrogen) atoms. The lowest BCUT2D eigenvalue weighted by Crippen LogP contribution is -2.32. The normalized spacial score (nSPS) is 26.0. The first-order valence-electron chi connectivity index (χ1n) is 5.14.